The zero-order valence-corrected chi connectivity index (χ0v) is 11.4. The van der Waals surface area contributed by atoms with E-state index in [1.54, 1.807) is 7.11 Å². The van der Waals surface area contributed by atoms with Gasteiger partial charge in [0, 0.05) is 6.54 Å². The molecule has 1 aliphatic heterocycles. The average molecular weight is 253 g/mol. The van der Waals surface area contributed by atoms with E-state index in [9.17, 15) is 0 Å². The van der Waals surface area contributed by atoms with Gasteiger partial charge < -0.3 is 10.1 Å². The van der Waals surface area contributed by atoms with E-state index in [-0.39, 0.29) is 0 Å². The first-order valence-electron chi connectivity index (χ1n) is 6.75. The summed E-state index contributed by atoms with van der Waals surface area (Å²) < 4.78 is 5.29. The molecule has 0 aromatic heterocycles. The Labute approximate surface area is 114 Å². The Kier molecular flexibility index (Phi) is 3.26. The molecule has 0 spiro atoms. The van der Waals surface area contributed by atoms with Crippen LogP contribution in [-0.4, -0.2) is 13.7 Å². The van der Waals surface area contributed by atoms with Crippen molar-refractivity contribution in [1.29, 1.82) is 0 Å². The molecule has 0 aliphatic carbocycles. The zero-order valence-electron chi connectivity index (χ0n) is 11.4. The van der Waals surface area contributed by atoms with E-state index in [4.69, 9.17) is 4.74 Å². The minimum absolute atomic E-state index is 0.302. The van der Waals surface area contributed by atoms with Crippen LogP contribution in [0.15, 0.2) is 42.5 Å². The highest BCUT2D eigenvalue weighted by Crippen LogP contribution is 2.31. The number of methoxy groups -OCH3 is 1. The minimum Gasteiger partial charge on any atom is -0.497 e. The van der Waals surface area contributed by atoms with E-state index in [1.807, 2.05) is 6.07 Å². The summed E-state index contributed by atoms with van der Waals surface area (Å²) in [5.41, 5.74) is 5.48. The maximum atomic E-state index is 5.29. The number of hydrogen-bond acceptors (Lipinski definition) is 2. The predicted molar refractivity (Wildman–Crippen MR) is 77.7 cm³/mol. The van der Waals surface area contributed by atoms with Crippen molar-refractivity contribution in [1.82, 2.24) is 5.32 Å². The third-order valence-electron chi connectivity index (χ3n) is 3.90. The van der Waals surface area contributed by atoms with Crippen LogP contribution in [0, 0.1) is 6.92 Å². The Hall–Kier alpha value is -1.80. The third-order valence-corrected chi connectivity index (χ3v) is 3.90. The van der Waals surface area contributed by atoms with Crippen molar-refractivity contribution in [2.45, 2.75) is 19.4 Å². The highest BCUT2D eigenvalue weighted by Gasteiger charge is 2.22. The van der Waals surface area contributed by atoms with Gasteiger partial charge in [0.05, 0.1) is 13.2 Å². The zero-order chi connectivity index (χ0) is 13.2. The summed E-state index contributed by atoms with van der Waals surface area (Å²) in [6, 6.07) is 15.3. The van der Waals surface area contributed by atoms with Gasteiger partial charge in [0.15, 0.2) is 0 Å². The van der Waals surface area contributed by atoms with Gasteiger partial charge in [-0.1, -0.05) is 30.3 Å². The summed E-state index contributed by atoms with van der Waals surface area (Å²) in [6.45, 7) is 3.18. The molecule has 98 valence electrons. The van der Waals surface area contributed by atoms with E-state index in [0.717, 1.165) is 18.7 Å². The summed E-state index contributed by atoms with van der Waals surface area (Å²) in [7, 11) is 1.71. The summed E-state index contributed by atoms with van der Waals surface area (Å²) in [5.74, 6) is 0.922. The number of ether oxygens (including phenoxy) is 1. The number of benzene rings is 2. The van der Waals surface area contributed by atoms with Gasteiger partial charge in [0.1, 0.15) is 5.75 Å². The first-order valence-corrected chi connectivity index (χ1v) is 6.75. The molecular weight excluding hydrogens is 234 g/mol. The van der Waals surface area contributed by atoms with Gasteiger partial charge in [-0.3, -0.25) is 0 Å². The van der Waals surface area contributed by atoms with Crippen LogP contribution in [0.3, 0.4) is 0 Å². The highest BCUT2D eigenvalue weighted by atomic mass is 16.5. The fourth-order valence-corrected chi connectivity index (χ4v) is 2.88. The minimum atomic E-state index is 0.302. The smallest absolute Gasteiger partial charge is 0.119 e. The van der Waals surface area contributed by atoms with Crippen LogP contribution in [0.5, 0.6) is 5.75 Å². The fourth-order valence-electron chi connectivity index (χ4n) is 2.88. The Morgan fingerprint density at radius 3 is 2.74 bits per heavy atom. The SMILES string of the molecule is COc1ccc(C2NCCc3ccccc32)c(C)c1. The second-order valence-corrected chi connectivity index (χ2v) is 5.06. The molecule has 0 bridgehead atoms. The molecule has 0 radical (unpaired) electrons. The van der Waals surface area contributed by atoms with E-state index in [0.29, 0.717) is 6.04 Å². The van der Waals surface area contributed by atoms with Gasteiger partial charge in [0.2, 0.25) is 0 Å². The first kappa shape index (κ1) is 12.2. The molecule has 3 rings (SSSR count). The van der Waals surface area contributed by atoms with Gasteiger partial charge in [-0.15, -0.1) is 0 Å². The number of rotatable bonds is 2. The largest absolute Gasteiger partial charge is 0.497 e. The van der Waals surface area contributed by atoms with Crippen molar-refractivity contribution in [3.05, 3.63) is 64.7 Å². The summed E-state index contributed by atoms with van der Waals surface area (Å²) in [4.78, 5) is 0. The molecule has 0 saturated carbocycles. The summed E-state index contributed by atoms with van der Waals surface area (Å²) >= 11 is 0. The Bertz CT molecular complexity index is 592. The van der Waals surface area contributed by atoms with Crippen LogP contribution in [0.25, 0.3) is 0 Å². The van der Waals surface area contributed by atoms with Gasteiger partial charge in [-0.05, 0) is 47.7 Å². The van der Waals surface area contributed by atoms with Gasteiger partial charge in [0.25, 0.3) is 0 Å². The number of hydrogen-bond donors (Lipinski definition) is 1. The molecule has 0 amide bonds. The van der Waals surface area contributed by atoms with Crippen LogP contribution < -0.4 is 10.1 Å². The molecular formula is C17H19NO. The van der Waals surface area contributed by atoms with Gasteiger partial charge in [-0.25, -0.2) is 0 Å². The maximum absolute atomic E-state index is 5.29. The average Bonchev–Trinajstić information content (AvgIpc) is 2.46. The molecule has 1 N–H and O–H groups in total. The molecule has 2 aromatic carbocycles. The Morgan fingerprint density at radius 2 is 1.95 bits per heavy atom. The predicted octanol–water partition coefficient (Wildman–Crippen LogP) is 3.24. The standard InChI is InChI=1S/C17H19NO/c1-12-11-14(19-2)7-8-15(12)17-16-6-4-3-5-13(16)9-10-18-17/h3-8,11,17-18H,9-10H2,1-2H3. The molecule has 2 heteroatoms. The molecule has 0 saturated heterocycles. The topological polar surface area (TPSA) is 21.3 Å². The monoisotopic (exact) mass is 253 g/mol. The van der Waals surface area contributed by atoms with Crippen molar-refractivity contribution in [2.75, 3.05) is 13.7 Å². The molecule has 1 atom stereocenters. The van der Waals surface area contributed by atoms with Crippen molar-refractivity contribution in [3.8, 4) is 5.75 Å². The van der Waals surface area contributed by atoms with Crippen molar-refractivity contribution >= 4 is 0 Å². The third kappa shape index (κ3) is 2.24. The van der Waals surface area contributed by atoms with Crippen LogP contribution in [-0.2, 0) is 6.42 Å². The van der Waals surface area contributed by atoms with Crippen LogP contribution in [0.4, 0.5) is 0 Å². The van der Waals surface area contributed by atoms with Crippen LogP contribution in [0.1, 0.15) is 28.3 Å². The lowest BCUT2D eigenvalue weighted by atomic mass is 9.88. The van der Waals surface area contributed by atoms with Gasteiger partial charge in [-0.2, -0.15) is 0 Å². The molecule has 1 aliphatic rings. The summed E-state index contributed by atoms with van der Waals surface area (Å²) in [5, 5.41) is 3.63. The molecule has 2 nitrogen and oxygen atoms in total. The lowest BCUT2D eigenvalue weighted by Crippen LogP contribution is -2.30. The van der Waals surface area contributed by atoms with Crippen molar-refractivity contribution in [3.63, 3.8) is 0 Å². The molecule has 1 unspecified atom stereocenters. The highest BCUT2D eigenvalue weighted by molar-refractivity contribution is 5.44. The first-order chi connectivity index (χ1) is 9.29. The normalized spacial score (nSPS) is 17.9. The second-order valence-electron chi connectivity index (χ2n) is 5.06. The van der Waals surface area contributed by atoms with E-state index >= 15 is 0 Å². The number of nitrogens with one attached hydrogen (secondary N) is 1. The van der Waals surface area contributed by atoms with Crippen molar-refractivity contribution < 1.29 is 4.74 Å². The van der Waals surface area contributed by atoms with Crippen LogP contribution >= 0.6 is 0 Å². The molecule has 19 heavy (non-hydrogen) atoms. The second kappa shape index (κ2) is 5.06. The van der Waals surface area contributed by atoms with E-state index in [1.165, 1.54) is 22.3 Å². The Morgan fingerprint density at radius 1 is 1.11 bits per heavy atom. The quantitative estimate of drug-likeness (QED) is 0.887. The van der Waals surface area contributed by atoms with Crippen molar-refractivity contribution in [2.24, 2.45) is 0 Å². The fraction of sp³-hybridized carbons (Fsp3) is 0.294. The van der Waals surface area contributed by atoms with Crippen LogP contribution in [0.2, 0.25) is 0 Å². The Balaban J connectivity index is 2.04. The van der Waals surface area contributed by atoms with E-state index < -0.39 is 0 Å². The lowest BCUT2D eigenvalue weighted by molar-refractivity contribution is 0.414. The number of fused-ring (bicyclic) bond motifs is 1. The maximum Gasteiger partial charge on any atom is 0.119 e. The molecule has 2 aromatic rings. The van der Waals surface area contributed by atoms with E-state index in [2.05, 4.69) is 48.6 Å². The molecule has 1 heterocycles. The lowest BCUT2D eigenvalue weighted by Gasteiger charge is -2.28. The van der Waals surface area contributed by atoms with Gasteiger partial charge >= 0.3 is 0 Å². The number of aryl methyl sites for hydroxylation is 1. The molecule has 0 fully saturated rings. The summed E-state index contributed by atoms with van der Waals surface area (Å²) in [6.07, 6.45) is 1.11.